The highest BCUT2D eigenvalue weighted by atomic mass is 79.9. The molecule has 0 aliphatic carbocycles. The van der Waals surface area contributed by atoms with E-state index in [-0.39, 0.29) is 27.9 Å². The van der Waals surface area contributed by atoms with Gasteiger partial charge in [-0.3, -0.25) is 4.79 Å². The predicted molar refractivity (Wildman–Crippen MR) is 120 cm³/mol. The van der Waals surface area contributed by atoms with E-state index in [9.17, 15) is 4.79 Å². The standard InChI is InChI=1S/C23H20BrO3S/c1-16(24)23(25)27-15-14-26-17-10-12-18(13-11-17)28-21-8-4-2-6-19(21)20-7-3-5-9-22(20)28/h2-13,16H,14-15H2,1H3/q+1. The van der Waals surface area contributed by atoms with Crippen molar-refractivity contribution in [1.29, 1.82) is 0 Å². The summed E-state index contributed by atoms with van der Waals surface area (Å²) in [5, 5.41) is 2.65. The van der Waals surface area contributed by atoms with E-state index in [1.54, 1.807) is 6.92 Å². The molecule has 0 radical (unpaired) electrons. The van der Waals surface area contributed by atoms with Gasteiger partial charge in [0.2, 0.25) is 0 Å². The normalized spacial score (nSPS) is 12.2. The van der Waals surface area contributed by atoms with Gasteiger partial charge in [0.05, 0.1) is 0 Å². The van der Waals surface area contributed by atoms with Crippen LogP contribution in [-0.2, 0) is 9.53 Å². The van der Waals surface area contributed by atoms with Gasteiger partial charge in [-0.05, 0) is 43.3 Å². The number of fused-ring (bicyclic) bond motifs is 3. The van der Waals surface area contributed by atoms with Gasteiger partial charge in [-0.1, -0.05) is 40.2 Å². The Morgan fingerprint density at radius 3 is 2.04 bits per heavy atom. The minimum absolute atomic E-state index is 0.0977. The van der Waals surface area contributed by atoms with Gasteiger partial charge in [-0.25, -0.2) is 0 Å². The quantitative estimate of drug-likeness (QED) is 0.145. The van der Waals surface area contributed by atoms with Crippen LogP contribution in [0.25, 0.3) is 25.1 Å². The molecule has 0 aliphatic heterocycles. The molecule has 1 atom stereocenters. The Balaban J connectivity index is 1.55. The number of hydrogen-bond acceptors (Lipinski definition) is 3. The topological polar surface area (TPSA) is 35.5 Å². The molecule has 0 amide bonds. The van der Waals surface area contributed by atoms with E-state index in [0.29, 0.717) is 6.61 Å². The first-order valence-electron chi connectivity index (χ1n) is 9.11. The zero-order chi connectivity index (χ0) is 19.5. The smallest absolute Gasteiger partial charge is 0.319 e. The number of carbonyl (C=O) groups is 1. The first-order valence-corrected chi connectivity index (χ1v) is 11.3. The zero-order valence-corrected chi connectivity index (χ0v) is 17.8. The number of hydrogen-bond donors (Lipinski definition) is 0. The van der Waals surface area contributed by atoms with Gasteiger partial charge in [0.1, 0.15) is 23.8 Å². The van der Waals surface area contributed by atoms with Crippen molar-refractivity contribution >= 4 is 52.5 Å². The SMILES string of the molecule is CC(Br)C(=O)OCCOc1ccc(-[s+]2c3ccccc3c3ccccc32)cc1. The number of alkyl halides is 1. The summed E-state index contributed by atoms with van der Waals surface area (Å²) < 4.78 is 13.5. The van der Waals surface area contributed by atoms with Crippen LogP contribution in [0, 0.1) is 0 Å². The molecule has 1 heterocycles. The fraction of sp³-hybridized carbons (Fsp3) is 0.174. The zero-order valence-electron chi connectivity index (χ0n) is 15.4. The lowest BCUT2D eigenvalue weighted by Gasteiger charge is -2.08. The summed E-state index contributed by atoms with van der Waals surface area (Å²) in [4.78, 5) is 12.4. The lowest BCUT2D eigenvalue weighted by atomic mass is 10.2. The van der Waals surface area contributed by atoms with Crippen LogP contribution in [0.15, 0.2) is 72.8 Å². The maximum atomic E-state index is 11.4. The average Bonchev–Trinajstić information content (AvgIpc) is 3.06. The van der Waals surface area contributed by atoms with E-state index in [0.717, 1.165) is 5.75 Å². The number of esters is 1. The number of halogens is 1. The van der Waals surface area contributed by atoms with Gasteiger partial charge < -0.3 is 9.47 Å². The largest absolute Gasteiger partial charge is 0.490 e. The monoisotopic (exact) mass is 455 g/mol. The van der Waals surface area contributed by atoms with Crippen LogP contribution >= 0.6 is 26.4 Å². The van der Waals surface area contributed by atoms with E-state index >= 15 is 0 Å². The summed E-state index contributed by atoms with van der Waals surface area (Å²) in [6, 6.07) is 25.5. The van der Waals surface area contributed by atoms with E-state index in [2.05, 4.69) is 76.6 Å². The van der Waals surface area contributed by atoms with Gasteiger partial charge in [-0.2, -0.15) is 0 Å². The summed E-state index contributed by atoms with van der Waals surface area (Å²) >= 11 is 3.19. The maximum Gasteiger partial charge on any atom is 0.319 e. The van der Waals surface area contributed by atoms with Crippen LogP contribution in [0.4, 0.5) is 0 Å². The fourth-order valence-corrected chi connectivity index (χ4v) is 5.71. The number of benzene rings is 3. The van der Waals surface area contributed by atoms with Gasteiger partial charge in [-0.15, -0.1) is 0 Å². The Morgan fingerprint density at radius 2 is 1.46 bits per heavy atom. The van der Waals surface area contributed by atoms with E-state index < -0.39 is 0 Å². The van der Waals surface area contributed by atoms with Gasteiger partial charge >= 0.3 is 5.97 Å². The Kier molecular flexibility index (Phi) is 5.64. The molecule has 0 fully saturated rings. The molecule has 0 aliphatic rings. The van der Waals surface area contributed by atoms with Crippen molar-refractivity contribution < 1.29 is 14.3 Å². The minimum atomic E-state index is -0.301. The lowest BCUT2D eigenvalue weighted by Crippen LogP contribution is -2.17. The van der Waals surface area contributed by atoms with Gasteiger partial charge in [0, 0.05) is 33.4 Å². The second-order valence-corrected chi connectivity index (χ2v) is 9.74. The van der Waals surface area contributed by atoms with E-state index in [4.69, 9.17) is 9.47 Å². The van der Waals surface area contributed by atoms with Crippen molar-refractivity contribution in [2.45, 2.75) is 11.8 Å². The first kappa shape index (κ1) is 19.0. The molecule has 0 bridgehead atoms. The second kappa shape index (κ2) is 8.33. The molecule has 1 unspecified atom stereocenters. The predicted octanol–water partition coefficient (Wildman–Crippen LogP) is 6.44. The van der Waals surface area contributed by atoms with Crippen LogP contribution in [0.2, 0.25) is 0 Å². The summed E-state index contributed by atoms with van der Waals surface area (Å²) in [5.74, 6) is 0.495. The number of thiophene rings is 1. The van der Waals surface area contributed by atoms with Crippen molar-refractivity contribution in [3.05, 3.63) is 72.8 Å². The summed E-state index contributed by atoms with van der Waals surface area (Å²) in [6.07, 6.45) is 0. The second-order valence-electron chi connectivity index (χ2n) is 6.40. The van der Waals surface area contributed by atoms with Crippen LogP contribution in [0.5, 0.6) is 5.75 Å². The van der Waals surface area contributed by atoms with Gasteiger partial charge in [0.15, 0.2) is 14.3 Å². The van der Waals surface area contributed by atoms with Crippen molar-refractivity contribution in [3.8, 4) is 10.6 Å². The van der Waals surface area contributed by atoms with Crippen LogP contribution in [-0.4, -0.2) is 24.0 Å². The Bertz CT molecular complexity index is 1060. The highest BCUT2D eigenvalue weighted by molar-refractivity contribution is 9.10. The average molecular weight is 456 g/mol. The Hall–Kier alpha value is -2.37. The third-order valence-electron chi connectivity index (χ3n) is 4.48. The highest BCUT2D eigenvalue weighted by Gasteiger charge is 2.22. The van der Waals surface area contributed by atoms with Crippen molar-refractivity contribution in [1.82, 2.24) is 0 Å². The van der Waals surface area contributed by atoms with Crippen molar-refractivity contribution in [3.63, 3.8) is 0 Å². The molecule has 0 N–H and O–H groups in total. The molecule has 1 aromatic heterocycles. The Labute approximate surface area is 175 Å². The lowest BCUT2D eigenvalue weighted by molar-refractivity contribution is -0.143. The fourth-order valence-electron chi connectivity index (χ4n) is 3.20. The number of ether oxygens (including phenoxy) is 2. The van der Waals surface area contributed by atoms with E-state index in [1.807, 2.05) is 12.1 Å². The molecule has 0 spiro atoms. The number of rotatable bonds is 6. The molecule has 0 saturated heterocycles. The summed E-state index contributed by atoms with van der Waals surface area (Å²) in [6.45, 7) is 2.31. The van der Waals surface area contributed by atoms with Crippen molar-refractivity contribution in [2.75, 3.05) is 13.2 Å². The molecule has 3 nitrogen and oxygen atoms in total. The summed E-state index contributed by atoms with van der Waals surface area (Å²) in [5.41, 5.74) is 0. The third-order valence-corrected chi connectivity index (χ3v) is 7.19. The molecule has 4 rings (SSSR count). The van der Waals surface area contributed by atoms with Gasteiger partial charge in [0.25, 0.3) is 0 Å². The van der Waals surface area contributed by atoms with Crippen LogP contribution < -0.4 is 4.74 Å². The maximum absolute atomic E-state index is 11.4. The Morgan fingerprint density at radius 1 is 0.893 bits per heavy atom. The van der Waals surface area contributed by atoms with Crippen molar-refractivity contribution in [2.24, 2.45) is 0 Å². The molecule has 4 aromatic rings. The summed E-state index contributed by atoms with van der Waals surface area (Å²) in [7, 11) is -0.0977. The number of carbonyl (C=O) groups excluding carboxylic acids is 1. The first-order chi connectivity index (χ1) is 13.6. The third kappa shape index (κ3) is 3.77. The molecule has 5 heteroatoms. The molecule has 3 aromatic carbocycles. The highest BCUT2D eigenvalue weighted by Crippen LogP contribution is 2.48. The molecule has 28 heavy (non-hydrogen) atoms. The van der Waals surface area contributed by atoms with Crippen LogP contribution in [0.1, 0.15) is 6.92 Å². The minimum Gasteiger partial charge on any atom is -0.490 e. The van der Waals surface area contributed by atoms with Crippen LogP contribution in [0.3, 0.4) is 0 Å². The van der Waals surface area contributed by atoms with E-state index in [1.165, 1.54) is 25.1 Å². The molecular formula is C23H20BrO3S+. The molecule has 142 valence electrons. The molecular weight excluding hydrogens is 436 g/mol. The molecule has 0 saturated carbocycles.